The van der Waals surface area contributed by atoms with Crippen molar-refractivity contribution in [2.24, 2.45) is 0 Å². The monoisotopic (exact) mass is 562 g/mol. The molecule has 2 aromatic carbocycles. The lowest BCUT2D eigenvalue weighted by Gasteiger charge is -2.16. The lowest BCUT2D eigenvalue weighted by atomic mass is 9.89. The van der Waals surface area contributed by atoms with Gasteiger partial charge in [-0.3, -0.25) is 4.79 Å². The van der Waals surface area contributed by atoms with Crippen LogP contribution in [0.15, 0.2) is 47.4 Å². The van der Waals surface area contributed by atoms with E-state index in [2.05, 4.69) is 64.1 Å². The third-order valence-corrected chi connectivity index (χ3v) is 8.93. The van der Waals surface area contributed by atoms with Gasteiger partial charge < -0.3 is 0 Å². The number of hydrogen-bond donors (Lipinski definition) is 0. The maximum atomic E-state index is 13.1. The molecule has 0 aromatic heterocycles. The van der Waals surface area contributed by atoms with Crippen LogP contribution in [-0.2, 0) is 19.3 Å². The summed E-state index contributed by atoms with van der Waals surface area (Å²) in [7, 11) is 0. The summed E-state index contributed by atoms with van der Waals surface area (Å²) >= 11 is 1.96. The summed E-state index contributed by atoms with van der Waals surface area (Å²) in [4.78, 5) is 14.5. The van der Waals surface area contributed by atoms with Gasteiger partial charge >= 0.3 is 0 Å². The van der Waals surface area contributed by atoms with E-state index in [4.69, 9.17) is 0 Å². The summed E-state index contributed by atoms with van der Waals surface area (Å²) in [5.41, 5.74) is 6.18. The van der Waals surface area contributed by atoms with Crippen LogP contribution in [0.3, 0.4) is 0 Å². The maximum Gasteiger partial charge on any atom is 0.185 e. The molecule has 0 bridgehead atoms. The van der Waals surface area contributed by atoms with Gasteiger partial charge in [0.1, 0.15) is 0 Å². The Bertz CT molecular complexity index is 944. The van der Waals surface area contributed by atoms with Crippen molar-refractivity contribution in [1.82, 2.24) is 0 Å². The predicted octanol–water partition coefficient (Wildman–Crippen LogP) is 12.2. The molecule has 222 valence electrons. The first-order valence-electron chi connectivity index (χ1n) is 16.7. The largest absolute Gasteiger partial charge is 0.289 e. The van der Waals surface area contributed by atoms with E-state index in [1.807, 2.05) is 17.8 Å². The van der Waals surface area contributed by atoms with Crippen LogP contribution in [0.5, 0.6) is 0 Å². The number of ketones is 1. The fraction of sp³-hybridized carbons (Fsp3) is 0.605. The molecule has 0 unspecified atom stereocenters. The van der Waals surface area contributed by atoms with Gasteiger partial charge in [0, 0.05) is 10.5 Å². The van der Waals surface area contributed by atoms with Crippen molar-refractivity contribution < 1.29 is 4.79 Å². The summed E-state index contributed by atoms with van der Waals surface area (Å²) in [6.45, 7) is 8.99. The molecule has 1 nitrogen and oxygen atoms in total. The number of carbonyl (C=O) groups is 1. The molecule has 0 heterocycles. The molecule has 0 N–H and O–H groups in total. The normalized spacial score (nSPS) is 11.5. The van der Waals surface area contributed by atoms with Crippen molar-refractivity contribution in [3.05, 3.63) is 70.3 Å². The first-order chi connectivity index (χ1) is 19.6. The third-order valence-electron chi connectivity index (χ3n) is 7.83. The van der Waals surface area contributed by atoms with Gasteiger partial charge in [-0.2, -0.15) is 0 Å². The first kappa shape index (κ1) is 34.4. The number of carbonyl (C=O) groups excluding carboxylic acids is 1. The second-order valence-electron chi connectivity index (χ2n) is 11.5. The predicted molar refractivity (Wildman–Crippen MR) is 180 cm³/mol. The van der Waals surface area contributed by atoms with Gasteiger partial charge in [0.15, 0.2) is 5.78 Å². The van der Waals surface area contributed by atoms with Crippen LogP contribution in [0.1, 0.15) is 157 Å². The first-order valence-corrected chi connectivity index (χ1v) is 17.7. The number of aryl methyl sites for hydroxylation is 2. The average molecular weight is 563 g/mol. The molecular weight excluding hydrogens is 504 g/mol. The van der Waals surface area contributed by atoms with Gasteiger partial charge in [0.2, 0.25) is 0 Å². The van der Waals surface area contributed by atoms with Gasteiger partial charge in [0.05, 0.1) is 0 Å². The molecule has 0 saturated carbocycles. The number of allylic oxidation sites excluding steroid dienone is 1. The van der Waals surface area contributed by atoms with Crippen molar-refractivity contribution >= 4 is 23.6 Å². The van der Waals surface area contributed by atoms with Gasteiger partial charge in [-0.05, 0) is 84.0 Å². The van der Waals surface area contributed by atoms with Gasteiger partial charge in [-0.25, -0.2) is 0 Å². The topological polar surface area (TPSA) is 17.1 Å². The van der Waals surface area contributed by atoms with Crippen molar-refractivity contribution in [3.63, 3.8) is 0 Å². The Morgan fingerprint density at radius 2 is 1.12 bits per heavy atom. The Morgan fingerprint density at radius 1 is 0.625 bits per heavy atom. The van der Waals surface area contributed by atoms with E-state index in [0.29, 0.717) is 0 Å². The fourth-order valence-electron chi connectivity index (χ4n) is 5.57. The molecule has 40 heavy (non-hydrogen) atoms. The Kier molecular flexibility index (Phi) is 18.8. The van der Waals surface area contributed by atoms with Crippen molar-refractivity contribution in [3.8, 4) is 0 Å². The van der Waals surface area contributed by atoms with E-state index in [1.54, 1.807) is 6.08 Å². The van der Waals surface area contributed by atoms with E-state index in [0.717, 1.165) is 49.7 Å². The quantitative estimate of drug-likeness (QED) is 0.0580. The Balaban J connectivity index is 1.74. The van der Waals surface area contributed by atoms with Crippen LogP contribution in [-0.4, -0.2) is 11.5 Å². The second kappa shape index (κ2) is 21.9. The Hall–Kier alpha value is -1.80. The number of thioether (sulfide) groups is 1. The molecule has 0 aliphatic rings. The van der Waals surface area contributed by atoms with Crippen LogP contribution >= 0.6 is 11.8 Å². The molecule has 0 saturated heterocycles. The lowest BCUT2D eigenvalue weighted by molar-refractivity contribution is 0.104. The molecule has 0 amide bonds. The molecule has 2 rings (SSSR count). The molecular formula is C38H58OS. The highest BCUT2D eigenvalue weighted by molar-refractivity contribution is 7.99. The zero-order valence-corrected chi connectivity index (χ0v) is 27.2. The molecule has 2 heteroatoms. The van der Waals surface area contributed by atoms with Crippen molar-refractivity contribution in [1.29, 1.82) is 0 Å². The summed E-state index contributed by atoms with van der Waals surface area (Å²) in [6.07, 6.45) is 27.1. The highest BCUT2D eigenvalue weighted by Gasteiger charge is 2.13. The highest BCUT2D eigenvalue weighted by atomic mass is 32.2. The Labute approximate surface area is 252 Å². The number of unbranched alkanes of at least 4 members (excludes halogenated alkanes) is 11. The minimum absolute atomic E-state index is 0.114. The van der Waals surface area contributed by atoms with Crippen molar-refractivity contribution in [2.45, 2.75) is 148 Å². The fourth-order valence-corrected chi connectivity index (χ4v) is 6.48. The minimum atomic E-state index is 0.114. The van der Waals surface area contributed by atoms with Crippen LogP contribution in [0.2, 0.25) is 0 Å². The number of benzene rings is 2. The average Bonchev–Trinajstić information content (AvgIpc) is 2.96. The molecule has 2 aromatic rings. The third kappa shape index (κ3) is 13.7. The minimum Gasteiger partial charge on any atom is -0.289 e. The second-order valence-corrected chi connectivity index (χ2v) is 12.7. The van der Waals surface area contributed by atoms with Gasteiger partial charge in [-0.15, -0.1) is 11.8 Å². The molecule has 0 aliphatic heterocycles. The van der Waals surface area contributed by atoms with Crippen LogP contribution in [0.25, 0.3) is 6.08 Å². The summed E-state index contributed by atoms with van der Waals surface area (Å²) in [5, 5.41) is 0. The molecule has 0 aliphatic carbocycles. The molecule has 0 radical (unpaired) electrons. The lowest BCUT2D eigenvalue weighted by Crippen LogP contribution is -2.05. The van der Waals surface area contributed by atoms with Crippen LogP contribution < -0.4 is 0 Å². The number of rotatable bonds is 23. The molecule has 0 atom stereocenters. The molecule has 0 spiro atoms. The molecule has 0 fully saturated rings. The summed E-state index contributed by atoms with van der Waals surface area (Å²) < 4.78 is 0. The summed E-state index contributed by atoms with van der Waals surface area (Å²) in [5.74, 6) is 1.31. The van der Waals surface area contributed by atoms with E-state index < -0.39 is 0 Å². The standard InChI is InChI=1S/C38H58OS/c1-5-9-10-11-12-13-14-15-16-17-18-19-29-40-36-26-23-32(24-27-36)25-28-38(39)35-30-33(20-6-2)37(22-8-4)34(31-35)21-7-3/h23-28,30-31H,5-22,29H2,1-4H3. The van der Waals surface area contributed by atoms with E-state index in [1.165, 1.54) is 104 Å². The highest BCUT2D eigenvalue weighted by Crippen LogP contribution is 2.24. The zero-order valence-electron chi connectivity index (χ0n) is 26.4. The summed E-state index contributed by atoms with van der Waals surface area (Å²) in [6, 6.07) is 13.0. The van der Waals surface area contributed by atoms with Crippen LogP contribution in [0.4, 0.5) is 0 Å². The van der Waals surface area contributed by atoms with Gasteiger partial charge in [-0.1, -0.05) is 136 Å². The smallest absolute Gasteiger partial charge is 0.185 e. The van der Waals surface area contributed by atoms with E-state index in [-0.39, 0.29) is 5.78 Å². The SMILES string of the molecule is CCCCCCCCCCCCCCSc1ccc(C=CC(=O)c2cc(CCC)c(CCC)c(CCC)c2)cc1. The van der Waals surface area contributed by atoms with Crippen molar-refractivity contribution in [2.75, 3.05) is 5.75 Å². The van der Waals surface area contributed by atoms with Gasteiger partial charge in [0.25, 0.3) is 0 Å². The number of hydrogen-bond acceptors (Lipinski definition) is 2. The van der Waals surface area contributed by atoms with E-state index >= 15 is 0 Å². The van der Waals surface area contributed by atoms with Crippen LogP contribution in [0, 0.1) is 0 Å². The Morgan fingerprint density at radius 3 is 1.62 bits per heavy atom. The maximum absolute atomic E-state index is 13.1. The zero-order chi connectivity index (χ0) is 28.8. The van der Waals surface area contributed by atoms with E-state index in [9.17, 15) is 4.79 Å².